The van der Waals surface area contributed by atoms with E-state index in [4.69, 9.17) is 5.11 Å². The van der Waals surface area contributed by atoms with Gasteiger partial charge in [-0.05, 0) is 27.2 Å². The van der Waals surface area contributed by atoms with Crippen LogP contribution in [-0.2, 0) is 4.79 Å². The van der Waals surface area contributed by atoms with Crippen LogP contribution in [0.5, 0.6) is 0 Å². The standard InChI is InChI=1S/C12H19F3N2O3/c1-7(2)17(6-12(13,14)15)11(20)16-5-4-9(8(16)3)10(18)19/h7-9H,4-6H2,1-3H3,(H,18,19). The molecular formula is C12H19F3N2O3. The molecule has 0 aliphatic carbocycles. The Bertz CT molecular complexity index is 385. The average Bonchev–Trinajstić information content (AvgIpc) is 2.65. The van der Waals surface area contributed by atoms with Crippen molar-refractivity contribution in [2.45, 2.75) is 45.5 Å². The molecule has 116 valence electrons. The summed E-state index contributed by atoms with van der Waals surface area (Å²) in [6.07, 6.45) is -4.21. The lowest BCUT2D eigenvalue weighted by molar-refractivity contribution is -0.145. The number of amides is 2. The molecule has 20 heavy (non-hydrogen) atoms. The van der Waals surface area contributed by atoms with E-state index in [-0.39, 0.29) is 13.0 Å². The van der Waals surface area contributed by atoms with Crippen LogP contribution in [0.4, 0.5) is 18.0 Å². The van der Waals surface area contributed by atoms with E-state index in [9.17, 15) is 22.8 Å². The molecule has 5 nitrogen and oxygen atoms in total. The molecule has 2 amide bonds. The summed E-state index contributed by atoms with van der Waals surface area (Å²) in [6, 6.07) is -1.97. The number of hydrogen-bond donors (Lipinski definition) is 1. The fourth-order valence-electron chi connectivity index (χ4n) is 2.37. The zero-order valence-electron chi connectivity index (χ0n) is 11.6. The fraction of sp³-hybridized carbons (Fsp3) is 0.833. The van der Waals surface area contributed by atoms with Crippen molar-refractivity contribution in [2.75, 3.05) is 13.1 Å². The van der Waals surface area contributed by atoms with Crippen molar-refractivity contribution >= 4 is 12.0 Å². The summed E-state index contributed by atoms with van der Waals surface area (Å²) >= 11 is 0. The number of carboxylic acids is 1. The van der Waals surface area contributed by atoms with Gasteiger partial charge in [0.1, 0.15) is 6.54 Å². The average molecular weight is 296 g/mol. The number of alkyl halides is 3. The summed E-state index contributed by atoms with van der Waals surface area (Å²) in [5.41, 5.74) is 0. The van der Waals surface area contributed by atoms with E-state index in [1.165, 1.54) is 18.7 Å². The van der Waals surface area contributed by atoms with Crippen molar-refractivity contribution in [1.29, 1.82) is 0 Å². The highest BCUT2D eigenvalue weighted by Crippen LogP contribution is 2.27. The van der Waals surface area contributed by atoms with E-state index in [0.29, 0.717) is 0 Å². The summed E-state index contributed by atoms with van der Waals surface area (Å²) in [4.78, 5) is 25.1. The monoisotopic (exact) mass is 296 g/mol. The molecule has 2 unspecified atom stereocenters. The molecule has 0 aromatic rings. The molecule has 1 aliphatic heterocycles. The smallest absolute Gasteiger partial charge is 0.406 e. The second-order valence-corrected chi connectivity index (χ2v) is 5.29. The van der Waals surface area contributed by atoms with Crippen molar-refractivity contribution in [1.82, 2.24) is 9.80 Å². The van der Waals surface area contributed by atoms with Crippen molar-refractivity contribution < 1.29 is 27.9 Å². The molecule has 1 heterocycles. The maximum atomic E-state index is 12.5. The van der Waals surface area contributed by atoms with Crippen molar-refractivity contribution in [3.63, 3.8) is 0 Å². The first kappa shape index (κ1) is 16.6. The van der Waals surface area contributed by atoms with Gasteiger partial charge in [0.15, 0.2) is 0 Å². The first-order valence-electron chi connectivity index (χ1n) is 6.41. The van der Waals surface area contributed by atoms with Crippen LogP contribution in [-0.4, -0.2) is 58.3 Å². The summed E-state index contributed by atoms with van der Waals surface area (Å²) < 4.78 is 37.5. The Hall–Kier alpha value is -1.47. The predicted octanol–water partition coefficient (Wildman–Crippen LogP) is 2.17. The lowest BCUT2D eigenvalue weighted by atomic mass is 10.0. The van der Waals surface area contributed by atoms with E-state index in [1.54, 1.807) is 6.92 Å². The molecule has 8 heteroatoms. The van der Waals surface area contributed by atoms with Crippen LogP contribution in [0.15, 0.2) is 0 Å². The number of hydrogen-bond acceptors (Lipinski definition) is 2. The highest BCUT2D eigenvalue weighted by molar-refractivity contribution is 5.78. The van der Waals surface area contributed by atoms with Gasteiger partial charge in [-0.15, -0.1) is 0 Å². The zero-order chi connectivity index (χ0) is 15.7. The second-order valence-electron chi connectivity index (χ2n) is 5.29. The third-order valence-corrected chi connectivity index (χ3v) is 3.54. The first-order valence-corrected chi connectivity index (χ1v) is 6.41. The minimum absolute atomic E-state index is 0.165. The Morgan fingerprint density at radius 1 is 1.40 bits per heavy atom. The van der Waals surface area contributed by atoms with Gasteiger partial charge in [0.25, 0.3) is 0 Å². The molecule has 1 saturated heterocycles. The predicted molar refractivity (Wildman–Crippen MR) is 65.2 cm³/mol. The molecule has 0 spiro atoms. The van der Waals surface area contributed by atoms with Gasteiger partial charge in [-0.2, -0.15) is 13.2 Å². The molecule has 1 N–H and O–H groups in total. The summed E-state index contributed by atoms with van der Waals surface area (Å²) in [5, 5.41) is 8.99. The Kier molecular flexibility index (Phi) is 4.88. The largest absolute Gasteiger partial charge is 0.481 e. The summed E-state index contributed by atoms with van der Waals surface area (Å²) in [5.74, 6) is -1.75. The molecule has 2 atom stereocenters. The molecule has 0 aromatic heterocycles. The SMILES string of the molecule is CC(C)N(CC(F)(F)F)C(=O)N1CCC(C(=O)O)C1C. The van der Waals surface area contributed by atoms with E-state index in [0.717, 1.165) is 4.90 Å². The number of carbonyl (C=O) groups is 2. The van der Waals surface area contributed by atoms with Gasteiger partial charge in [0, 0.05) is 18.6 Å². The number of rotatable bonds is 3. The number of likely N-dealkylation sites (tertiary alicyclic amines) is 1. The lowest BCUT2D eigenvalue weighted by Crippen LogP contribution is -2.51. The van der Waals surface area contributed by atoms with Gasteiger partial charge >= 0.3 is 18.2 Å². The first-order chi connectivity index (χ1) is 9.04. The molecule has 0 aromatic carbocycles. The topological polar surface area (TPSA) is 60.9 Å². The van der Waals surface area contributed by atoms with Crippen molar-refractivity contribution in [3.8, 4) is 0 Å². The van der Waals surface area contributed by atoms with E-state index < -0.39 is 42.7 Å². The van der Waals surface area contributed by atoms with Crippen LogP contribution >= 0.6 is 0 Å². The van der Waals surface area contributed by atoms with Crippen LogP contribution in [0.25, 0.3) is 0 Å². The number of carboxylic acid groups (broad SMARTS) is 1. The maximum absolute atomic E-state index is 12.5. The summed E-state index contributed by atoms with van der Waals surface area (Å²) in [7, 11) is 0. The van der Waals surface area contributed by atoms with Gasteiger partial charge in [-0.3, -0.25) is 4.79 Å². The minimum atomic E-state index is -4.48. The Morgan fingerprint density at radius 3 is 2.30 bits per heavy atom. The third-order valence-electron chi connectivity index (χ3n) is 3.54. The molecule has 1 fully saturated rings. The van der Waals surface area contributed by atoms with Gasteiger partial charge in [0.05, 0.1) is 5.92 Å². The van der Waals surface area contributed by atoms with Crippen molar-refractivity contribution in [3.05, 3.63) is 0 Å². The maximum Gasteiger partial charge on any atom is 0.406 e. The van der Waals surface area contributed by atoms with E-state index in [2.05, 4.69) is 0 Å². The Labute approximate surface area is 115 Å². The highest BCUT2D eigenvalue weighted by atomic mass is 19.4. The number of nitrogens with zero attached hydrogens (tertiary/aromatic N) is 2. The highest BCUT2D eigenvalue weighted by Gasteiger charge is 2.42. The fourth-order valence-corrected chi connectivity index (χ4v) is 2.37. The Balaban J connectivity index is 2.84. The van der Waals surface area contributed by atoms with Gasteiger partial charge in [-0.1, -0.05) is 0 Å². The number of urea groups is 1. The van der Waals surface area contributed by atoms with Crippen LogP contribution in [0.1, 0.15) is 27.2 Å². The van der Waals surface area contributed by atoms with Gasteiger partial charge in [-0.25, -0.2) is 4.79 Å². The number of halogens is 3. The van der Waals surface area contributed by atoms with Gasteiger partial charge in [0.2, 0.25) is 0 Å². The van der Waals surface area contributed by atoms with E-state index >= 15 is 0 Å². The molecule has 1 rings (SSSR count). The number of carbonyl (C=O) groups excluding carboxylic acids is 1. The van der Waals surface area contributed by atoms with Crippen molar-refractivity contribution in [2.24, 2.45) is 5.92 Å². The van der Waals surface area contributed by atoms with Gasteiger partial charge < -0.3 is 14.9 Å². The third kappa shape index (κ3) is 3.77. The lowest BCUT2D eigenvalue weighted by Gasteiger charge is -2.34. The molecule has 0 saturated carbocycles. The number of aliphatic carboxylic acids is 1. The normalized spacial score (nSPS) is 23.2. The Morgan fingerprint density at radius 2 is 1.95 bits per heavy atom. The van der Waals surface area contributed by atoms with Crippen LogP contribution < -0.4 is 0 Å². The molecule has 0 bridgehead atoms. The second kappa shape index (κ2) is 5.88. The quantitative estimate of drug-likeness (QED) is 0.868. The zero-order valence-corrected chi connectivity index (χ0v) is 11.6. The van der Waals surface area contributed by atoms with Crippen LogP contribution in [0.3, 0.4) is 0 Å². The molecule has 1 aliphatic rings. The summed E-state index contributed by atoms with van der Waals surface area (Å²) in [6.45, 7) is 3.39. The van der Waals surface area contributed by atoms with E-state index in [1.807, 2.05) is 0 Å². The minimum Gasteiger partial charge on any atom is -0.481 e. The van der Waals surface area contributed by atoms with Crippen LogP contribution in [0, 0.1) is 5.92 Å². The van der Waals surface area contributed by atoms with Crippen LogP contribution in [0.2, 0.25) is 0 Å². The molecule has 0 radical (unpaired) electrons. The molecular weight excluding hydrogens is 277 g/mol.